The van der Waals surface area contributed by atoms with Gasteiger partial charge in [-0.05, 0) is 43.5 Å². The van der Waals surface area contributed by atoms with Gasteiger partial charge in [0, 0.05) is 25.1 Å². The first-order valence-electron chi connectivity index (χ1n) is 9.53. The van der Waals surface area contributed by atoms with Gasteiger partial charge in [-0.25, -0.2) is 19.9 Å². The Bertz CT molecular complexity index is 840. The molecule has 3 heterocycles. The van der Waals surface area contributed by atoms with Crippen molar-refractivity contribution in [3.8, 4) is 0 Å². The molecule has 27 heavy (non-hydrogen) atoms. The Hall–Kier alpha value is -2.86. The third-order valence-electron chi connectivity index (χ3n) is 4.95. The van der Waals surface area contributed by atoms with E-state index in [4.69, 9.17) is 4.98 Å². The molecule has 1 aliphatic heterocycles. The minimum Gasteiger partial charge on any atom is -0.294 e. The van der Waals surface area contributed by atoms with Crippen molar-refractivity contribution in [3.05, 3.63) is 72.3 Å². The normalized spacial score (nSPS) is 17.6. The summed E-state index contributed by atoms with van der Waals surface area (Å²) in [5, 5.41) is 3.09. The summed E-state index contributed by atoms with van der Waals surface area (Å²) in [6.07, 6.45) is 9.90. The third-order valence-corrected chi connectivity index (χ3v) is 4.95. The average molecular weight is 360 g/mol. The number of likely N-dealkylation sites (tertiary alicyclic amines) is 1. The zero-order chi connectivity index (χ0) is 18.3. The summed E-state index contributed by atoms with van der Waals surface area (Å²) in [5.41, 5.74) is 2.45. The van der Waals surface area contributed by atoms with Crippen molar-refractivity contribution in [2.45, 2.75) is 31.7 Å². The Kier molecular flexibility index (Phi) is 5.64. The van der Waals surface area contributed by atoms with Crippen LogP contribution in [0.1, 0.15) is 36.6 Å². The number of benzene rings is 1. The fourth-order valence-corrected chi connectivity index (χ4v) is 3.59. The number of nitrogens with zero attached hydrogens (tertiary/aromatic N) is 5. The van der Waals surface area contributed by atoms with Gasteiger partial charge in [0.15, 0.2) is 0 Å². The van der Waals surface area contributed by atoms with Crippen molar-refractivity contribution in [1.82, 2.24) is 24.8 Å². The Morgan fingerprint density at radius 3 is 2.56 bits per heavy atom. The van der Waals surface area contributed by atoms with Crippen LogP contribution in [0.4, 0.5) is 11.9 Å². The van der Waals surface area contributed by atoms with Crippen molar-refractivity contribution < 1.29 is 0 Å². The molecule has 1 aromatic carbocycles. The molecule has 0 saturated carbocycles. The Balaban J connectivity index is 1.47. The van der Waals surface area contributed by atoms with E-state index >= 15 is 0 Å². The van der Waals surface area contributed by atoms with Crippen molar-refractivity contribution in [1.29, 1.82) is 0 Å². The molecule has 6 nitrogen and oxygen atoms in total. The highest BCUT2D eigenvalue weighted by atomic mass is 15.2. The first-order valence-corrected chi connectivity index (χ1v) is 9.53. The zero-order valence-corrected chi connectivity index (χ0v) is 15.3. The number of rotatable bonds is 6. The molecule has 2 aromatic heterocycles. The largest absolute Gasteiger partial charge is 0.294 e. The lowest BCUT2D eigenvalue weighted by Crippen LogP contribution is -2.35. The maximum atomic E-state index is 4.75. The first kappa shape index (κ1) is 17.5. The van der Waals surface area contributed by atoms with E-state index < -0.39 is 0 Å². The lowest BCUT2D eigenvalue weighted by molar-refractivity contribution is 0.147. The second-order valence-corrected chi connectivity index (χ2v) is 6.79. The Morgan fingerprint density at radius 1 is 0.889 bits per heavy atom. The van der Waals surface area contributed by atoms with E-state index in [0.29, 0.717) is 17.9 Å². The van der Waals surface area contributed by atoms with Gasteiger partial charge in [-0.2, -0.15) is 0 Å². The standard InChI is InChI=1S/C21H24N6/c1-2-7-17(8-3-1)11-16-27-15-5-4-9-19(27)18-10-14-24-21(25-18)26-20-22-12-6-13-23-20/h1-3,6-8,10,12-14,19H,4-5,9,11,15-16H2,(H,22,23,24,25,26)/t19-/m0/s1. The van der Waals surface area contributed by atoms with Crippen LogP contribution in [0.2, 0.25) is 0 Å². The van der Waals surface area contributed by atoms with Crippen LogP contribution in [-0.4, -0.2) is 37.9 Å². The smallest absolute Gasteiger partial charge is 0.229 e. The summed E-state index contributed by atoms with van der Waals surface area (Å²) in [4.78, 5) is 20.0. The number of hydrogen-bond donors (Lipinski definition) is 1. The van der Waals surface area contributed by atoms with Crippen molar-refractivity contribution in [3.63, 3.8) is 0 Å². The van der Waals surface area contributed by atoms with E-state index in [9.17, 15) is 0 Å². The molecule has 0 aliphatic carbocycles. The molecular weight excluding hydrogens is 336 g/mol. The van der Waals surface area contributed by atoms with Crippen molar-refractivity contribution >= 4 is 11.9 Å². The minimum atomic E-state index is 0.336. The number of anilines is 2. The summed E-state index contributed by atoms with van der Waals surface area (Å²) in [7, 11) is 0. The fourth-order valence-electron chi connectivity index (χ4n) is 3.59. The van der Waals surface area contributed by atoms with Gasteiger partial charge in [-0.1, -0.05) is 36.8 Å². The molecule has 0 radical (unpaired) electrons. The van der Waals surface area contributed by atoms with Gasteiger partial charge in [0.1, 0.15) is 0 Å². The van der Waals surface area contributed by atoms with Crippen LogP contribution in [0, 0.1) is 0 Å². The number of hydrogen-bond acceptors (Lipinski definition) is 6. The highest BCUT2D eigenvalue weighted by molar-refractivity contribution is 5.41. The molecule has 138 valence electrons. The summed E-state index contributed by atoms with van der Waals surface area (Å²) >= 11 is 0. The Morgan fingerprint density at radius 2 is 1.70 bits per heavy atom. The highest BCUT2D eigenvalue weighted by Gasteiger charge is 2.25. The quantitative estimate of drug-likeness (QED) is 0.722. The molecule has 1 N–H and O–H groups in total. The third kappa shape index (κ3) is 4.65. The molecule has 0 amide bonds. The summed E-state index contributed by atoms with van der Waals surface area (Å²) in [6.45, 7) is 2.16. The summed E-state index contributed by atoms with van der Waals surface area (Å²) in [6, 6.07) is 14.8. The van der Waals surface area contributed by atoms with Gasteiger partial charge in [-0.15, -0.1) is 0 Å². The number of piperidine rings is 1. The van der Waals surface area contributed by atoms with E-state index in [0.717, 1.165) is 31.6 Å². The monoisotopic (exact) mass is 360 g/mol. The molecule has 0 unspecified atom stereocenters. The maximum absolute atomic E-state index is 4.75. The summed E-state index contributed by atoms with van der Waals surface area (Å²) in [5.74, 6) is 1.06. The van der Waals surface area contributed by atoms with Gasteiger partial charge < -0.3 is 0 Å². The second kappa shape index (κ2) is 8.68. The molecule has 0 bridgehead atoms. The summed E-state index contributed by atoms with van der Waals surface area (Å²) < 4.78 is 0. The van der Waals surface area contributed by atoms with Crippen LogP contribution in [0.3, 0.4) is 0 Å². The van der Waals surface area contributed by atoms with Crippen LogP contribution in [0.25, 0.3) is 0 Å². The second-order valence-electron chi connectivity index (χ2n) is 6.79. The molecule has 0 spiro atoms. The predicted molar refractivity (Wildman–Crippen MR) is 106 cm³/mol. The topological polar surface area (TPSA) is 66.8 Å². The molecule has 1 atom stereocenters. The molecular formula is C21H24N6. The zero-order valence-electron chi connectivity index (χ0n) is 15.3. The minimum absolute atomic E-state index is 0.336. The van der Waals surface area contributed by atoms with Crippen LogP contribution < -0.4 is 5.32 Å². The predicted octanol–water partition coefficient (Wildman–Crippen LogP) is 3.78. The van der Waals surface area contributed by atoms with Crippen molar-refractivity contribution in [2.24, 2.45) is 0 Å². The molecule has 4 rings (SSSR count). The van der Waals surface area contributed by atoms with Gasteiger partial charge in [0.25, 0.3) is 0 Å². The molecule has 3 aromatic rings. The van der Waals surface area contributed by atoms with Crippen LogP contribution >= 0.6 is 0 Å². The van der Waals surface area contributed by atoms with Crippen LogP contribution in [0.5, 0.6) is 0 Å². The maximum Gasteiger partial charge on any atom is 0.229 e. The molecule has 1 aliphatic rings. The van der Waals surface area contributed by atoms with E-state index in [-0.39, 0.29) is 0 Å². The van der Waals surface area contributed by atoms with E-state index in [1.54, 1.807) is 18.5 Å². The van der Waals surface area contributed by atoms with E-state index in [2.05, 4.69) is 55.5 Å². The number of nitrogens with one attached hydrogen (secondary N) is 1. The van der Waals surface area contributed by atoms with E-state index in [1.165, 1.54) is 18.4 Å². The van der Waals surface area contributed by atoms with Gasteiger partial charge in [-0.3, -0.25) is 10.2 Å². The highest BCUT2D eigenvalue weighted by Crippen LogP contribution is 2.30. The van der Waals surface area contributed by atoms with Crippen molar-refractivity contribution in [2.75, 3.05) is 18.4 Å². The van der Waals surface area contributed by atoms with Crippen LogP contribution in [-0.2, 0) is 6.42 Å². The SMILES string of the molecule is c1ccc(CCN2CCCC[C@H]2c2ccnc(Nc3ncccn3)n2)cc1. The van der Waals surface area contributed by atoms with Crippen LogP contribution in [0.15, 0.2) is 61.1 Å². The number of aromatic nitrogens is 4. The Labute approximate surface area is 159 Å². The lowest BCUT2D eigenvalue weighted by atomic mass is 9.98. The first-order chi connectivity index (χ1) is 13.4. The molecule has 6 heteroatoms. The fraction of sp³-hybridized carbons (Fsp3) is 0.333. The lowest BCUT2D eigenvalue weighted by Gasteiger charge is -2.35. The van der Waals surface area contributed by atoms with Gasteiger partial charge in [0.2, 0.25) is 11.9 Å². The molecule has 1 fully saturated rings. The molecule has 1 saturated heterocycles. The van der Waals surface area contributed by atoms with E-state index in [1.807, 2.05) is 12.3 Å². The van der Waals surface area contributed by atoms with Gasteiger partial charge in [0.05, 0.1) is 11.7 Å². The average Bonchev–Trinajstić information content (AvgIpc) is 2.74. The van der Waals surface area contributed by atoms with Gasteiger partial charge >= 0.3 is 0 Å².